The molecule has 10 heteroatoms. The zero-order valence-corrected chi connectivity index (χ0v) is 14.0. The third-order valence-electron chi connectivity index (χ3n) is 3.26. The Kier molecular flexibility index (Phi) is 3.58. The number of tetrazole rings is 1. The van der Waals surface area contributed by atoms with Gasteiger partial charge in [-0.3, -0.25) is 4.79 Å². The van der Waals surface area contributed by atoms with Crippen LogP contribution in [-0.4, -0.2) is 34.8 Å². The molecule has 0 fully saturated rings. The van der Waals surface area contributed by atoms with Gasteiger partial charge in [0.25, 0.3) is 5.56 Å². The van der Waals surface area contributed by atoms with Crippen LogP contribution in [0.1, 0.15) is 10.7 Å². The van der Waals surface area contributed by atoms with Crippen LogP contribution in [0.25, 0.3) is 16.3 Å². The quantitative estimate of drug-likeness (QED) is 0.554. The first-order valence-electron chi connectivity index (χ1n) is 6.99. The summed E-state index contributed by atoms with van der Waals surface area (Å²) in [5.41, 5.74) is 1.17. The standard InChI is InChI=1S/C14H10ClN7OS/c1-8-6-12(23)22-14(16-8)24-11(18-22)7-21-19-13(17-20-21)9-4-2-3-5-10(9)15/h2-6H,7H2,1H3. The molecule has 0 N–H and O–H groups in total. The molecule has 0 saturated carbocycles. The molecule has 0 unspecified atom stereocenters. The normalized spacial score (nSPS) is 11.2. The van der Waals surface area contributed by atoms with E-state index in [-0.39, 0.29) is 5.56 Å². The van der Waals surface area contributed by atoms with Gasteiger partial charge in [-0.05, 0) is 24.3 Å². The van der Waals surface area contributed by atoms with Gasteiger partial charge < -0.3 is 0 Å². The Balaban J connectivity index is 1.66. The number of halogens is 1. The molecular formula is C14H10ClN7OS. The second-order valence-corrected chi connectivity index (χ2v) is 6.50. The molecule has 4 aromatic rings. The Labute approximate surface area is 144 Å². The Morgan fingerprint density at radius 2 is 2.08 bits per heavy atom. The average molecular weight is 360 g/mol. The van der Waals surface area contributed by atoms with Crippen LogP contribution in [0.2, 0.25) is 5.02 Å². The van der Waals surface area contributed by atoms with Crippen molar-refractivity contribution in [1.29, 1.82) is 0 Å². The minimum absolute atomic E-state index is 0.205. The predicted molar refractivity (Wildman–Crippen MR) is 89.2 cm³/mol. The van der Waals surface area contributed by atoms with Crippen LogP contribution in [0.15, 0.2) is 35.1 Å². The molecule has 0 bridgehead atoms. The number of nitrogens with zero attached hydrogens (tertiary/aromatic N) is 7. The van der Waals surface area contributed by atoms with Gasteiger partial charge in [-0.1, -0.05) is 35.1 Å². The number of aryl methyl sites for hydroxylation is 1. The Hall–Kier alpha value is -2.65. The second-order valence-electron chi connectivity index (χ2n) is 5.05. The number of fused-ring (bicyclic) bond motifs is 1. The molecule has 3 heterocycles. The number of benzene rings is 1. The fourth-order valence-electron chi connectivity index (χ4n) is 2.21. The third kappa shape index (κ3) is 2.68. The molecule has 0 amide bonds. The Morgan fingerprint density at radius 1 is 1.25 bits per heavy atom. The van der Waals surface area contributed by atoms with Crippen LogP contribution in [0.4, 0.5) is 0 Å². The lowest BCUT2D eigenvalue weighted by Gasteiger charge is -1.96. The Bertz CT molecular complexity index is 1100. The maximum atomic E-state index is 11.9. The number of hydrogen-bond acceptors (Lipinski definition) is 7. The van der Waals surface area contributed by atoms with Gasteiger partial charge in [0.05, 0.1) is 5.02 Å². The summed E-state index contributed by atoms with van der Waals surface area (Å²) in [5, 5.41) is 17.8. The maximum absolute atomic E-state index is 11.9. The molecule has 8 nitrogen and oxygen atoms in total. The van der Waals surface area contributed by atoms with E-state index in [2.05, 4.69) is 25.5 Å². The lowest BCUT2D eigenvalue weighted by Crippen LogP contribution is -2.14. The average Bonchev–Trinajstić information content (AvgIpc) is 3.15. The van der Waals surface area contributed by atoms with Crippen molar-refractivity contribution in [2.75, 3.05) is 0 Å². The summed E-state index contributed by atoms with van der Waals surface area (Å²) >= 11 is 7.45. The van der Waals surface area contributed by atoms with Gasteiger partial charge in [0, 0.05) is 17.3 Å². The highest BCUT2D eigenvalue weighted by molar-refractivity contribution is 7.16. The van der Waals surface area contributed by atoms with E-state index in [4.69, 9.17) is 11.6 Å². The zero-order valence-electron chi connectivity index (χ0n) is 12.4. The topological polar surface area (TPSA) is 90.9 Å². The van der Waals surface area contributed by atoms with Crippen LogP contribution >= 0.6 is 22.9 Å². The lowest BCUT2D eigenvalue weighted by atomic mass is 10.2. The maximum Gasteiger partial charge on any atom is 0.275 e. The molecule has 1 aromatic carbocycles. The monoisotopic (exact) mass is 359 g/mol. The molecule has 0 radical (unpaired) electrons. The SMILES string of the molecule is Cc1cc(=O)n2nc(Cn3nnc(-c4ccccc4Cl)n3)sc2n1. The predicted octanol–water partition coefficient (Wildman–Crippen LogP) is 1.81. The molecule has 0 aliphatic heterocycles. The van der Waals surface area contributed by atoms with E-state index >= 15 is 0 Å². The first-order valence-corrected chi connectivity index (χ1v) is 8.19. The number of hydrogen-bond donors (Lipinski definition) is 0. The van der Waals surface area contributed by atoms with E-state index < -0.39 is 0 Å². The van der Waals surface area contributed by atoms with Gasteiger partial charge >= 0.3 is 0 Å². The fourth-order valence-corrected chi connectivity index (χ4v) is 3.35. The molecule has 4 rings (SSSR count). The summed E-state index contributed by atoms with van der Waals surface area (Å²) in [6.45, 7) is 2.07. The van der Waals surface area contributed by atoms with Crippen molar-refractivity contribution in [1.82, 2.24) is 34.8 Å². The van der Waals surface area contributed by atoms with Crippen molar-refractivity contribution >= 4 is 27.9 Å². The van der Waals surface area contributed by atoms with Gasteiger partial charge in [-0.15, -0.1) is 10.2 Å². The summed E-state index contributed by atoms with van der Waals surface area (Å²) in [5.74, 6) is 0.438. The molecule has 3 aromatic heterocycles. The summed E-state index contributed by atoms with van der Waals surface area (Å²) in [4.78, 5) is 18.1. The van der Waals surface area contributed by atoms with Crippen molar-refractivity contribution in [2.24, 2.45) is 0 Å². The van der Waals surface area contributed by atoms with E-state index in [1.165, 1.54) is 26.7 Å². The molecular weight excluding hydrogens is 350 g/mol. The molecule has 0 atom stereocenters. The first kappa shape index (κ1) is 14.9. The smallest absolute Gasteiger partial charge is 0.267 e. The summed E-state index contributed by atoms with van der Waals surface area (Å²) in [6, 6.07) is 8.74. The van der Waals surface area contributed by atoms with Crippen LogP contribution in [-0.2, 0) is 6.54 Å². The van der Waals surface area contributed by atoms with E-state index in [9.17, 15) is 4.79 Å². The highest BCUT2D eigenvalue weighted by atomic mass is 35.5. The summed E-state index contributed by atoms with van der Waals surface area (Å²) in [6.07, 6.45) is 0. The van der Waals surface area contributed by atoms with Gasteiger partial charge in [-0.2, -0.15) is 14.4 Å². The van der Waals surface area contributed by atoms with Gasteiger partial charge in [-0.25, -0.2) is 4.98 Å². The summed E-state index contributed by atoms with van der Waals surface area (Å²) < 4.78 is 1.28. The molecule has 120 valence electrons. The second kappa shape index (κ2) is 5.77. The zero-order chi connectivity index (χ0) is 16.7. The van der Waals surface area contributed by atoms with E-state index in [1.54, 1.807) is 13.0 Å². The molecule has 0 spiro atoms. The van der Waals surface area contributed by atoms with Gasteiger partial charge in [0.15, 0.2) is 0 Å². The third-order valence-corrected chi connectivity index (χ3v) is 4.48. The van der Waals surface area contributed by atoms with E-state index in [0.717, 1.165) is 0 Å². The Morgan fingerprint density at radius 3 is 2.92 bits per heavy atom. The van der Waals surface area contributed by atoms with E-state index in [0.29, 0.717) is 38.6 Å². The molecule has 0 saturated heterocycles. The number of aromatic nitrogens is 7. The van der Waals surface area contributed by atoms with Gasteiger partial charge in [0.1, 0.15) is 11.6 Å². The van der Waals surface area contributed by atoms with Crippen molar-refractivity contribution in [3.05, 3.63) is 56.4 Å². The fraction of sp³-hybridized carbons (Fsp3) is 0.143. The highest BCUT2D eigenvalue weighted by Crippen LogP contribution is 2.23. The summed E-state index contributed by atoms with van der Waals surface area (Å²) in [7, 11) is 0. The first-order chi connectivity index (χ1) is 11.6. The largest absolute Gasteiger partial charge is 0.275 e. The van der Waals surface area contributed by atoms with Crippen LogP contribution in [0.3, 0.4) is 0 Å². The minimum Gasteiger partial charge on any atom is -0.267 e. The molecule has 0 aliphatic rings. The van der Waals surface area contributed by atoms with Crippen molar-refractivity contribution in [3.63, 3.8) is 0 Å². The molecule has 24 heavy (non-hydrogen) atoms. The van der Waals surface area contributed by atoms with E-state index in [1.807, 2.05) is 18.2 Å². The van der Waals surface area contributed by atoms with Crippen molar-refractivity contribution in [2.45, 2.75) is 13.5 Å². The van der Waals surface area contributed by atoms with Crippen LogP contribution in [0, 0.1) is 6.92 Å². The highest BCUT2D eigenvalue weighted by Gasteiger charge is 2.12. The van der Waals surface area contributed by atoms with Crippen molar-refractivity contribution < 1.29 is 0 Å². The van der Waals surface area contributed by atoms with Gasteiger partial charge in [0.2, 0.25) is 10.8 Å². The van der Waals surface area contributed by atoms with Crippen LogP contribution in [0.5, 0.6) is 0 Å². The van der Waals surface area contributed by atoms with Crippen molar-refractivity contribution in [3.8, 4) is 11.4 Å². The van der Waals surface area contributed by atoms with Crippen LogP contribution < -0.4 is 5.56 Å². The minimum atomic E-state index is -0.205. The lowest BCUT2D eigenvalue weighted by molar-refractivity contribution is 0.566. The molecule has 0 aliphatic carbocycles. The number of rotatable bonds is 3.